The SMILES string of the molecule is CCc1ccc(C2C(S(C)(=O)=O)C2(CN)CO)cc1. The smallest absolute Gasteiger partial charge is 0.151 e. The van der Waals surface area contributed by atoms with Gasteiger partial charge in [0.2, 0.25) is 0 Å². The number of aliphatic hydroxyl groups excluding tert-OH is 1. The van der Waals surface area contributed by atoms with Gasteiger partial charge in [-0.2, -0.15) is 0 Å². The fourth-order valence-corrected chi connectivity index (χ4v) is 5.10. The summed E-state index contributed by atoms with van der Waals surface area (Å²) < 4.78 is 23.7. The van der Waals surface area contributed by atoms with E-state index < -0.39 is 20.5 Å². The van der Waals surface area contributed by atoms with Gasteiger partial charge in [0.05, 0.1) is 11.9 Å². The van der Waals surface area contributed by atoms with Gasteiger partial charge in [-0.05, 0) is 17.5 Å². The van der Waals surface area contributed by atoms with E-state index in [-0.39, 0.29) is 19.1 Å². The lowest BCUT2D eigenvalue weighted by Crippen LogP contribution is -2.27. The van der Waals surface area contributed by atoms with Gasteiger partial charge in [0.25, 0.3) is 0 Å². The number of rotatable bonds is 5. The minimum Gasteiger partial charge on any atom is -0.396 e. The Morgan fingerprint density at radius 1 is 1.32 bits per heavy atom. The van der Waals surface area contributed by atoms with Gasteiger partial charge in [-0.1, -0.05) is 31.2 Å². The molecule has 5 heteroatoms. The van der Waals surface area contributed by atoms with Gasteiger partial charge in [-0.25, -0.2) is 8.42 Å². The second-order valence-corrected chi connectivity index (χ2v) is 7.59. The highest BCUT2D eigenvalue weighted by molar-refractivity contribution is 7.91. The summed E-state index contributed by atoms with van der Waals surface area (Å²) in [6, 6.07) is 7.92. The summed E-state index contributed by atoms with van der Waals surface area (Å²) in [4.78, 5) is 0. The van der Waals surface area contributed by atoms with Crippen LogP contribution in [0.1, 0.15) is 24.0 Å². The van der Waals surface area contributed by atoms with Crippen molar-refractivity contribution in [3.05, 3.63) is 35.4 Å². The number of nitrogens with two attached hydrogens (primary N) is 1. The molecule has 2 rings (SSSR count). The Bertz CT molecular complexity index is 547. The first-order valence-corrected chi connectivity index (χ1v) is 8.44. The molecule has 3 unspecified atom stereocenters. The van der Waals surface area contributed by atoms with Crippen molar-refractivity contribution in [2.75, 3.05) is 19.4 Å². The Morgan fingerprint density at radius 3 is 2.21 bits per heavy atom. The van der Waals surface area contributed by atoms with Crippen LogP contribution in [-0.4, -0.2) is 38.2 Å². The monoisotopic (exact) mass is 283 g/mol. The standard InChI is InChI=1S/C14H21NO3S/c1-3-10-4-6-11(7-5-10)12-13(19(2,17)18)14(12,8-15)9-16/h4-7,12-13,16H,3,8-9,15H2,1-2H3. The highest BCUT2D eigenvalue weighted by Crippen LogP contribution is 2.61. The summed E-state index contributed by atoms with van der Waals surface area (Å²) in [6.07, 6.45) is 2.17. The summed E-state index contributed by atoms with van der Waals surface area (Å²) in [5.41, 5.74) is 7.18. The highest BCUT2D eigenvalue weighted by atomic mass is 32.2. The summed E-state index contributed by atoms with van der Waals surface area (Å²) in [5.74, 6) is -0.191. The van der Waals surface area contributed by atoms with E-state index in [9.17, 15) is 13.5 Å². The molecule has 1 aliphatic rings. The van der Waals surface area contributed by atoms with Gasteiger partial charge in [0.1, 0.15) is 0 Å². The van der Waals surface area contributed by atoms with E-state index in [0.717, 1.165) is 12.0 Å². The maximum atomic E-state index is 11.9. The van der Waals surface area contributed by atoms with Crippen LogP contribution in [0.5, 0.6) is 0 Å². The van der Waals surface area contributed by atoms with Crippen molar-refractivity contribution in [3.8, 4) is 0 Å². The van der Waals surface area contributed by atoms with Gasteiger partial charge in [0, 0.05) is 24.1 Å². The quantitative estimate of drug-likeness (QED) is 0.833. The minimum atomic E-state index is -3.21. The maximum Gasteiger partial charge on any atom is 0.151 e. The van der Waals surface area contributed by atoms with E-state index in [0.29, 0.717) is 0 Å². The number of hydrogen-bond donors (Lipinski definition) is 2. The van der Waals surface area contributed by atoms with Crippen molar-refractivity contribution in [1.29, 1.82) is 0 Å². The van der Waals surface area contributed by atoms with Gasteiger partial charge in [-0.15, -0.1) is 0 Å². The molecule has 19 heavy (non-hydrogen) atoms. The topological polar surface area (TPSA) is 80.4 Å². The van der Waals surface area contributed by atoms with Crippen LogP contribution < -0.4 is 5.73 Å². The van der Waals surface area contributed by atoms with Crippen molar-refractivity contribution in [1.82, 2.24) is 0 Å². The molecular formula is C14H21NO3S. The number of benzene rings is 1. The second-order valence-electron chi connectivity index (χ2n) is 5.42. The van der Waals surface area contributed by atoms with Crippen LogP contribution in [-0.2, 0) is 16.3 Å². The Balaban J connectivity index is 2.37. The van der Waals surface area contributed by atoms with E-state index in [4.69, 9.17) is 5.73 Å². The summed E-state index contributed by atoms with van der Waals surface area (Å²) in [7, 11) is -3.21. The van der Waals surface area contributed by atoms with Crippen LogP contribution in [0.4, 0.5) is 0 Å². The predicted octanol–water partition coefficient (Wildman–Crippen LogP) is 0.697. The van der Waals surface area contributed by atoms with Gasteiger partial charge < -0.3 is 10.8 Å². The van der Waals surface area contributed by atoms with Crippen molar-refractivity contribution in [2.24, 2.45) is 11.1 Å². The number of aliphatic hydroxyl groups is 1. The van der Waals surface area contributed by atoms with Crippen molar-refractivity contribution in [2.45, 2.75) is 24.5 Å². The molecule has 0 amide bonds. The summed E-state index contributed by atoms with van der Waals surface area (Å²) in [6.45, 7) is 2.06. The van der Waals surface area contributed by atoms with E-state index in [1.165, 1.54) is 11.8 Å². The van der Waals surface area contributed by atoms with Crippen molar-refractivity contribution in [3.63, 3.8) is 0 Å². The molecular weight excluding hydrogens is 262 g/mol. The van der Waals surface area contributed by atoms with Crippen LogP contribution in [0, 0.1) is 5.41 Å². The number of hydrogen-bond acceptors (Lipinski definition) is 4. The molecule has 106 valence electrons. The number of sulfone groups is 1. The zero-order chi connectivity index (χ0) is 14.3. The molecule has 1 aromatic carbocycles. The maximum absolute atomic E-state index is 11.9. The Morgan fingerprint density at radius 2 is 1.89 bits per heavy atom. The third-order valence-electron chi connectivity index (χ3n) is 4.26. The lowest BCUT2D eigenvalue weighted by molar-refractivity contribution is 0.212. The Kier molecular flexibility index (Phi) is 3.73. The molecule has 1 aliphatic carbocycles. The molecule has 1 fully saturated rings. The largest absolute Gasteiger partial charge is 0.396 e. The second kappa shape index (κ2) is 4.89. The lowest BCUT2D eigenvalue weighted by Gasteiger charge is -2.11. The Hall–Kier alpha value is -0.910. The van der Waals surface area contributed by atoms with Gasteiger partial charge in [0.15, 0.2) is 9.84 Å². The van der Waals surface area contributed by atoms with Crippen LogP contribution in [0.25, 0.3) is 0 Å². The van der Waals surface area contributed by atoms with Crippen LogP contribution in [0.2, 0.25) is 0 Å². The van der Waals surface area contributed by atoms with Crippen molar-refractivity contribution >= 4 is 9.84 Å². The molecule has 1 saturated carbocycles. The summed E-state index contributed by atoms with van der Waals surface area (Å²) in [5, 5.41) is 9.01. The molecule has 0 aliphatic heterocycles. The summed E-state index contributed by atoms with van der Waals surface area (Å²) >= 11 is 0. The molecule has 4 nitrogen and oxygen atoms in total. The van der Waals surface area contributed by atoms with Gasteiger partial charge in [-0.3, -0.25) is 0 Å². The third kappa shape index (κ3) is 2.30. The Labute approximate surface area is 114 Å². The van der Waals surface area contributed by atoms with E-state index in [2.05, 4.69) is 6.92 Å². The zero-order valence-electron chi connectivity index (χ0n) is 11.3. The first-order valence-electron chi connectivity index (χ1n) is 6.49. The molecule has 0 heterocycles. The number of aryl methyl sites for hydroxylation is 1. The highest BCUT2D eigenvalue weighted by Gasteiger charge is 2.68. The van der Waals surface area contributed by atoms with E-state index >= 15 is 0 Å². The average Bonchev–Trinajstić information content (AvgIpc) is 3.09. The minimum absolute atomic E-state index is 0.182. The van der Waals surface area contributed by atoms with Crippen LogP contribution in [0.15, 0.2) is 24.3 Å². The van der Waals surface area contributed by atoms with Crippen molar-refractivity contribution < 1.29 is 13.5 Å². The fraction of sp³-hybridized carbons (Fsp3) is 0.571. The molecule has 0 radical (unpaired) electrons. The lowest BCUT2D eigenvalue weighted by atomic mass is 9.99. The predicted molar refractivity (Wildman–Crippen MR) is 75.8 cm³/mol. The molecule has 3 atom stereocenters. The first kappa shape index (κ1) is 14.5. The zero-order valence-corrected chi connectivity index (χ0v) is 12.2. The fourth-order valence-electron chi connectivity index (χ4n) is 3.09. The molecule has 1 aromatic rings. The van der Waals surface area contributed by atoms with Gasteiger partial charge >= 0.3 is 0 Å². The molecule has 3 N–H and O–H groups in total. The third-order valence-corrected chi connectivity index (χ3v) is 5.93. The first-order chi connectivity index (χ1) is 8.90. The molecule has 0 spiro atoms. The molecule has 0 saturated heterocycles. The molecule has 0 aromatic heterocycles. The van der Waals surface area contributed by atoms with E-state index in [1.807, 2.05) is 24.3 Å². The van der Waals surface area contributed by atoms with Crippen LogP contribution in [0.3, 0.4) is 0 Å². The van der Waals surface area contributed by atoms with Crippen LogP contribution >= 0.6 is 0 Å². The normalized spacial score (nSPS) is 30.3. The van der Waals surface area contributed by atoms with E-state index in [1.54, 1.807) is 0 Å². The molecule has 0 bridgehead atoms. The average molecular weight is 283 g/mol.